The number of rotatable bonds is 4. The van der Waals surface area contributed by atoms with Crippen LogP contribution in [0.3, 0.4) is 0 Å². The molecule has 100 valence electrons. The molecule has 0 saturated carbocycles. The molecule has 0 saturated heterocycles. The van der Waals surface area contributed by atoms with Crippen molar-refractivity contribution in [2.45, 2.75) is 13.0 Å². The van der Waals surface area contributed by atoms with Gasteiger partial charge in [0.1, 0.15) is 0 Å². The zero-order valence-corrected chi connectivity index (χ0v) is 11.7. The maximum atomic E-state index is 12.1. The van der Waals surface area contributed by atoms with Crippen molar-refractivity contribution >= 4 is 28.3 Å². The van der Waals surface area contributed by atoms with E-state index >= 15 is 0 Å². The molecule has 0 aliphatic rings. The minimum Gasteiger partial charge on any atom is -0.340 e. The molecular formula is C17H14ClNO. The summed E-state index contributed by atoms with van der Waals surface area (Å²) < 4.78 is 1.97. The van der Waals surface area contributed by atoms with Gasteiger partial charge in [-0.1, -0.05) is 41.9 Å². The summed E-state index contributed by atoms with van der Waals surface area (Å²) in [6.07, 6.45) is 2.40. The predicted octanol–water partition coefficient (Wildman–Crippen LogP) is 4.11. The summed E-state index contributed by atoms with van der Waals surface area (Å²) in [5.74, 6) is 0.198. The molecule has 0 aliphatic carbocycles. The maximum absolute atomic E-state index is 12.1. The summed E-state index contributed by atoms with van der Waals surface area (Å²) in [6, 6.07) is 17.5. The molecule has 0 spiro atoms. The van der Waals surface area contributed by atoms with Gasteiger partial charge >= 0.3 is 0 Å². The van der Waals surface area contributed by atoms with Crippen molar-refractivity contribution in [3.8, 4) is 0 Å². The number of Topliss-reactive ketones (excluding diaryl/α,β-unsaturated/α-hetero) is 1. The molecule has 0 aliphatic heterocycles. The van der Waals surface area contributed by atoms with Gasteiger partial charge in [0.15, 0.2) is 5.78 Å². The second kappa shape index (κ2) is 5.51. The lowest BCUT2D eigenvalue weighted by Crippen LogP contribution is -2.11. The Labute approximate surface area is 122 Å². The van der Waals surface area contributed by atoms with Crippen LogP contribution >= 0.6 is 11.6 Å². The second-order valence-corrected chi connectivity index (χ2v) is 5.28. The average molecular weight is 284 g/mol. The van der Waals surface area contributed by atoms with Crippen molar-refractivity contribution in [3.63, 3.8) is 0 Å². The van der Waals surface area contributed by atoms with Gasteiger partial charge in [-0.05, 0) is 29.8 Å². The first-order valence-electron chi connectivity index (χ1n) is 6.52. The van der Waals surface area contributed by atoms with E-state index in [1.807, 2.05) is 65.4 Å². The molecule has 3 heteroatoms. The number of carbonyl (C=O) groups is 1. The quantitative estimate of drug-likeness (QED) is 0.706. The fraction of sp³-hybridized carbons (Fsp3) is 0.118. The van der Waals surface area contributed by atoms with Gasteiger partial charge in [0.2, 0.25) is 0 Å². The average Bonchev–Trinajstić information content (AvgIpc) is 2.82. The Morgan fingerprint density at radius 2 is 1.85 bits per heavy atom. The van der Waals surface area contributed by atoms with Crippen LogP contribution in [0.25, 0.3) is 10.9 Å². The van der Waals surface area contributed by atoms with Crippen LogP contribution in [0.2, 0.25) is 5.02 Å². The Kier molecular flexibility index (Phi) is 3.57. The van der Waals surface area contributed by atoms with Crippen LogP contribution in [0.15, 0.2) is 60.8 Å². The van der Waals surface area contributed by atoms with E-state index in [1.54, 1.807) is 0 Å². The maximum Gasteiger partial charge on any atom is 0.156 e. The topological polar surface area (TPSA) is 22.0 Å². The molecule has 0 N–H and O–H groups in total. The Bertz CT molecular complexity index is 746. The number of benzene rings is 2. The number of ketones is 1. The third-order valence-corrected chi connectivity index (χ3v) is 3.56. The van der Waals surface area contributed by atoms with Crippen molar-refractivity contribution in [2.24, 2.45) is 0 Å². The van der Waals surface area contributed by atoms with E-state index in [1.165, 1.54) is 0 Å². The number of fused-ring (bicyclic) bond motifs is 1. The van der Waals surface area contributed by atoms with E-state index in [2.05, 4.69) is 0 Å². The van der Waals surface area contributed by atoms with Gasteiger partial charge in [0.25, 0.3) is 0 Å². The Hall–Kier alpha value is -2.06. The smallest absolute Gasteiger partial charge is 0.156 e. The molecule has 0 fully saturated rings. The lowest BCUT2D eigenvalue weighted by atomic mass is 10.1. The molecule has 0 bridgehead atoms. The van der Waals surface area contributed by atoms with Crippen LogP contribution in [-0.4, -0.2) is 10.4 Å². The van der Waals surface area contributed by atoms with Crippen LogP contribution < -0.4 is 0 Å². The first kappa shape index (κ1) is 12.9. The summed E-state index contributed by atoms with van der Waals surface area (Å²) >= 11 is 5.96. The molecule has 1 aromatic heterocycles. The van der Waals surface area contributed by atoms with Crippen molar-refractivity contribution in [2.75, 3.05) is 0 Å². The van der Waals surface area contributed by atoms with Gasteiger partial charge in [-0.3, -0.25) is 4.79 Å². The molecule has 0 amide bonds. The van der Waals surface area contributed by atoms with Crippen LogP contribution in [0, 0.1) is 0 Å². The number of hydrogen-bond donors (Lipinski definition) is 0. The fourth-order valence-corrected chi connectivity index (χ4v) is 2.56. The Balaban J connectivity index is 1.78. The Morgan fingerprint density at radius 3 is 2.65 bits per heavy atom. The molecule has 0 radical (unpaired) electrons. The number of hydrogen-bond acceptors (Lipinski definition) is 1. The second-order valence-electron chi connectivity index (χ2n) is 4.85. The van der Waals surface area contributed by atoms with Crippen LogP contribution in [-0.2, 0) is 17.8 Å². The highest BCUT2D eigenvalue weighted by Crippen LogP contribution is 2.20. The van der Waals surface area contributed by atoms with Gasteiger partial charge in [-0.2, -0.15) is 0 Å². The lowest BCUT2D eigenvalue weighted by molar-refractivity contribution is -0.118. The summed E-state index contributed by atoms with van der Waals surface area (Å²) in [4.78, 5) is 12.1. The normalized spacial score (nSPS) is 10.8. The van der Waals surface area contributed by atoms with Crippen molar-refractivity contribution in [3.05, 3.63) is 71.4 Å². The van der Waals surface area contributed by atoms with E-state index in [-0.39, 0.29) is 5.78 Å². The van der Waals surface area contributed by atoms with Crippen LogP contribution in [0.1, 0.15) is 5.56 Å². The summed E-state index contributed by atoms with van der Waals surface area (Å²) in [6.45, 7) is 0.389. The SMILES string of the molecule is O=C(Cc1ccccc1)Cn1ccc2cc(Cl)ccc21. The first-order chi connectivity index (χ1) is 9.72. The summed E-state index contributed by atoms with van der Waals surface area (Å²) in [5, 5.41) is 1.77. The predicted molar refractivity (Wildman–Crippen MR) is 82.1 cm³/mol. The van der Waals surface area contributed by atoms with Gasteiger partial charge < -0.3 is 4.57 Å². The number of aromatic nitrogens is 1. The molecule has 3 aromatic rings. The van der Waals surface area contributed by atoms with Gasteiger partial charge in [-0.15, -0.1) is 0 Å². The van der Waals surface area contributed by atoms with E-state index in [4.69, 9.17) is 11.6 Å². The minimum absolute atomic E-state index is 0.198. The highest BCUT2D eigenvalue weighted by molar-refractivity contribution is 6.31. The van der Waals surface area contributed by atoms with E-state index < -0.39 is 0 Å². The monoisotopic (exact) mass is 283 g/mol. The number of nitrogens with zero attached hydrogens (tertiary/aromatic N) is 1. The molecular weight excluding hydrogens is 270 g/mol. The zero-order valence-electron chi connectivity index (χ0n) is 10.9. The largest absolute Gasteiger partial charge is 0.340 e. The van der Waals surface area contributed by atoms with Gasteiger partial charge in [0, 0.05) is 28.5 Å². The summed E-state index contributed by atoms with van der Waals surface area (Å²) in [7, 11) is 0. The van der Waals surface area contributed by atoms with E-state index in [0.29, 0.717) is 18.0 Å². The van der Waals surface area contributed by atoms with Crippen LogP contribution in [0.4, 0.5) is 0 Å². The fourth-order valence-electron chi connectivity index (χ4n) is 2.38. The van der Waals surface area contributed by atoms with Gasteiger partial charge in [0.05, 0.1) is 6.54 Å². The van der Waals surface area contributed by atoms with Gasteiger partial charge in [-0.25, -0.2) is 0 Å². The molecule has 0 atom stereocenters. The Morgan fingerprint density at radius 1 is 1.05 bits per heavy atom. The van der Waals surface area contributed by atoms with E-state index in [9.17, 15) is 4.79 Å². The minimum atomic E-state index is 0.198. The first-order valence-corrected chi connectivity index (χ1v) is 6.90. The molecule has 20 heavy (non-hydrogen) atoms. The highest BCUT2D eigenvalue weighted by Gasteiger charge is 2.07. The highest BCUT2D eigenvalue weighted by atomic mass is 35.5. The molecule has 0 unspecified atom stereocenters. The van der Waals surface area contributed by atoms with Crippen molar-refractivity contribution < 1.29 is 4.79 Å². The van der Waals surface area contributed by atoms with Crippen LogP contribution in [0.5, 0.6) is 0 Å². The lowest BCUT2D eigenvalue weighted by Gasteiger charge is -2.05. The molecule has 2 nitrogen and oxygen atoms in total. The summed E-state index contributed by atoms with van der Waals surface area (Å²) in [5.41, 5.74) is 2.09. The third kappa shape index (κ3) is 2.75. The molecule has 1 heterocycles. The third-order valence-electron chi connectivity index (χ3n) is 3.32. The zero-order chi connectivity index (χ0) is 13.9. The van der Waals surface area contributed by atoms with E-state index in [0.717, 1.165) is 16.5 Å². The van der Waals surface area contributed by atoms with Crippen molar-refractivity contribution in [1.82, 2.24) is 4.57 Å². The van der Waals surface area contributed by atoms with Crippen molar-refractivity contribution in [1.29, 1.82) is 0 Å². The molecule has 3 rings (SSSR count). The standard InChI is InChI=1S/C17H14ClNO/c18-15-6-7-17-14(11-15)8-9-19(17)12-16(20)10-13-4-2-1-3-5-13/h1-9,11H,10,12H2. The number of carbonyl (C=O) groups excluding carboxylic acids is 1. The molecule has 2 aromatic carbocycles. The number of halogens is 1.